The summed E-state index contributed by atoms with van der Waals surface area (Å²) >= 11 is 6.19. The van der Waals surface area contributed by atoms with E-state index in [0.717, 1.165) is 34.3 Å². The molecule has 3 aromatic carbocycles. The smallest absolute Gasteiger partial charge is 0.354 e. The summed E-state index contributed by atoms with van der Waals surface area (Å²) < 4.78 is 65.9. The molecule has 2 amide bonds. The first-order chi connectivity index (χ1) is 20.3. The summed E-state index contributed by atoms with van der Waals surface area (Å²) in [7, 11) is -3.97. The maximum Gasteiger partial charge on any atom is 0.416 e. The Morgan fingerprint density at radius 3 is 2.26 bits per heavy atom. The molecule has 7 nitrogen and oxygen atoms in total. The lowest BCUT2D eigenvalue weighted by atomic mass is 10.0. The largest absolute Gasteiger partial charge is 0.416 e. The number of anilines is 1. The van der Waals surface area contributed by atoms with Gasteiger partial charge in [0.15, 0.2) is 0 Å². The van der Waals surface area contributed by atoms with Gasteiger partial charge in [0.2, 0.25) is 21.8 Å². The molecule has 3 aromatic rings. The van der Waals surface area contributed by atoms with Gasteiger partial charge in [-0.2, -0.15) is 13.2 Å². The minimum atomic E-state index is -4.65. The molecule has 1 N–H and O–H groups in total. The fraction of sp³-hybridized carbons (Fsp3) is 0.355. The standard InChI is InChI=1S/C31H35ClF3N3O4S/c1-3-17-36-30(40)28(20-23-10-5-4-6-11-23)37(22-24-12-7-14-26(32)19-24)29(39)16-9-18-38(43(2,41)42)27-15-8-13-25(21-27)31(33,34)35/h4-8,10-15,19,21,28H,3,9,16-18,20,22H2,1-2H3,(H,36,40). The van der Waals surface area contributed by atoms with Crippen molar-refractivity contribution in [3.8, 4) is 0 Å². The van der Waals surface area contributed by atoms with Gasteiger partial charge in [0, 0.05) is 37.5 Å². The topological polar surface area (TPSA) is 86.8 Å². The second kappa shape index (κ2) is 15.2. The van der Waals surface area contributed by atoms with Gasteiger partial charge in [0.25, 0.3) is 0 Å². The second-order valence-electron chi connectivity index (χ2n) is 10.1. The van der Waals surface area contributed by atoms with Crippen LogP contribution in [0.4, 0.5) is 18.9 Å². The monoisotopic (exact) mass is 637 g/mol. The zero-order chi connectivity index (χ0) is 31.6. The summed E-state index contributed by atoms with van der Waals surface area (Å²) in [5.74, 6) is -0.743. The molecule has 0 radical (unpaired) electrons. The lowest BCUT2D eigenvalue weighted by Crippen LogP contribution is -2.50. The van der Waals surface area contributed by atoms with Crippen molar-refractivity contribution in [3.05, 3.63) is 101 Å². The highest BCUT2D eigenvalue weighted by atomic mass is 35.5. The van der Waals surface area contributed by atoms with Crippen LogP contribution in [0.5, 0.6) is 0 Å². The third-order valence-corrected chi connectivity index (χ3v) is 8.11. The Labute approximate surface area is 255 Å². The summed E-state index contributed by atoms with van der Waals surface area (Å²) in [4.78, 5) is 28.7. The number of rotatable bonds is 14. The van der Waals surface area contributed by atoms with Gasteiger partial charge in [-0.1, -0.05) is 67.1 Å². The van der Waals surface area contributed by atoms with Crippen LogP contribution in [0.2, 0.25) is 5.02 Å². The Morgan fingerprint density at radius 2 is 1.63 bits per heavy atom. The summed E-state index contributed by atoms with van der Waals surface area (Å²) in [6.07, 6.45) is -2.97. The molecule has 3 rings (SSSR count). The van der Waals surface area contributed by atoms with Crippen LogP contribution < -0.4 is 9.62 Å². The van der Waals surface area contributed by atoms with E-state index in [1.54, 1.807) is 24.3 Å². The number of hydrogen-bond donors (Lipinski definition) is 1. The van der Waals surface area contributed by atoms with Crippen LogP contribution in [0.1, 0.15) is 42.9 Å². The Bertz CT molecular complexity index is 1490. The molecule has 1 atom stereocenters. The van der Waals surface area contributed by atoms with E-state index in [1.807, 2.05) is 37.3 Å². The van der Waals surface area contributed by atoms with Crippen molar-refractivity contribution >= 4 is 39.1 Å². The van der Waals surface area contributed by atoms with E-state index in [0.29, 0.717) is 23.6 Å². The molecule has 0 fully saturated rings. The predicted octanol–water partition coefficient (Wildman–Crippen LogP) is 6.07. The van der Waals surface area contributed by atoms with Gasteiger partial charge in [-0.05, 0) is 54.3 Å². The number of alkyl halides is 3. The number of nitrogens with zero attached hydrogens (tertiary/aromatic N) is 2. The Balaban J connectivity index is 1.89. The summed E-state index contributed by atoms with van der Waals surface area (Å²) in [6.45, 7) is 2.17. The van der Waals surface area contributed by atoms with Crippen molar-refractivity contribution in [3.63, 3.8) is 0 Å². The van der Waals surface area contributed by atoms with E-state index in [2.05, 4.69) is 5.32 Å². The highest BCUT2D eigenvalue weighted by Gasteiger charge is 2.32. The van der Waals surface area contributed by atoms with Crippen LogP contribution in [0.15, 0.2) is 78.9 Å². The molecule has 0 aliphatic rings. The van der Waals surface area contributed by atoms with Crippen LogP contribution in [-0.2, 0) is 38.8 Å². The van der Waals surface area contributed by atoms with Crippen LogP contribution in [-0.4, -0.2) is 50.5 Å². The zero-order valence-electron chi connectivity index (χ0n) is 24.0. The Morgan fingerprint density at radius 1 is 0.953 bits per heavy atom. The van der Waals surface area contributed by atoms with E-state index >= 15 is 0 Å². The highest BCUT2D eigenvalue weighted by Crippen LogP contribution is 2.32. The summed E-state index contributed by atoms with van der Waals surface area (Å²) in [5.41, 5.74) is 0.408. The van der Waals surface area contributed by atoms with Crippen LogP contribution in [0, 0.1) is 0 Å². The first-order valence-corrected chi connectivity index (χ1v) is 16.0. The molecule has 0 bridgehead atoms. The summed E-state index contributed by atoms with van der Waals surface area (Å²) in [6, 6.07) is 19.3. The van der Waals surface area contributed by atoms with Gasteiger partial charge in [0.05, 0.1) is 17.5 Å². The minimum absolute atomic E-state index is 0.00281. The van der Waals surface area contributed by atoms with Gasteiger partial charge in [-0.25, -0.2) is 8.42 Å². The third-order valence-electron chi connectivity index (χ3n) is 6.68. The average molecular weight is 638 g/mol. The molecule has 0 spiro atoms. The molecular formula is C31H35ClF3N3O4S. The first kappa shape index (κ1) is 33.9. The number of halogens is 4. The van der Waals surface area contributed by atoms with Crippen molar-refractivity contribution in [1.29, 1.82) is 0 Å². The number of amides is 2. The zero-order valence-corrected chi connectivity index (χ0v) is 25.6. The molecule has 43 heavy (non-hydrogen) atoms. The lowest BCUT2D eigenvalue weighted by Gasteiger charge is -2.32. The molecule has 0 heterocycles. The first-order valence-electron chi connectivity index (χ1n) is 13.8. The molecule has 0 aromatic heterocycles. The SMILES string of the molecule is CCCNC(=O)C(Cc1ccccc1)N(Cc1cccc(Cl)c1)C(=O)CCCN(c1cccc(C(F)(F)F)c1)S(C)(=O)=O. The van der Waals surface area contributed by atoms with Crippen molar-refractivity contribution in [2.75, 3.05) is 23.7 Å². The Kier molecular flexibility index (Phi) is 12.0. The van der Waals surface area contributed by atoms with Crippen LogP contribution >= 0.6 is 11.6 Å². The van der Waals surface area contributed by atoms with E-state index in [1.165, 1.54) is 11.0 Å². The van der Waals surface area contributed by atoms with E-state index in [4.69, 9.17) is 11.6 Å². The fourth-order valence-electron chi connectivity index (χ4n) is 4.59. The maximum absolute atomic E-state index is 13.8. The fourth-order valence-corrected chi connectivity index (χ4v) is 5.76. The number of carbonyl (C=O) groups is 2. The van der Waals surface area contributed by atoms with E-state index in [-0.39, 0.29) is 43.9 Å². The van der Waals surface area contributed by atoms with Crippen molar-refractivity contribution in [1.82, 2.24) is 10.2 Å². The maximum atomic E-state index is 13.8. The molecule has 0 aliphatic heterocycles. The number of hydrogen-bond acceptors (Lipinski definition) is 4. The van der Waals surface area contributed by atoms with Crippen molar-refractivity contribution in [2.45, 2.75) is 51.4 Å². The Hall–Kier alpha value is -3.57. The number of carbonyl (C=O) groups excluding carboxylic acids is 2. The number of sulfonamides is 1. The van der Waals surface area contributed by atoms with Gasteiger partial charge in [0.1, 0.15) is 6.04 Å². The normalized spacial score (nSPS) is 12.4. The van der Waals surface area contributed by atoms with Crippen LogP contribution in [0.3, 0.4) is 0 Å². The van der Waals surface area contributed by atoms with Gasteiger partial charge >= 0.3 is 6.18 Å². The van der Waals surface area contributed by atoms with Gasteiger partial charge in [-0.15, -0.1) is 0 Å². The molecule has 0 aliphatic carbocycles. The van der Waals surface area contributed by atoms with Crippen LogP contribution in [0.25, 0.3) is 0 Å². The quantitative estimate of drug-likeness (QED) is 0.232. The van der Waals surface area contributed by atoms with Gasteiger partial charge in [-0.3, -0.25) is 13.9 Å². The molecule has 0 saturated carbocycles. The molecular weight excluding hydrogens is 603 g/mol. The average Bonchev–Trinajstić information content (AvgIpc) is 2.95. The van der Waals surface area contributed by atoms with Crippen molar-refractivity contribution in [2.24, 2.45) is 0 Å². The molecule has 232 valence electrons. The molecule has 1 unspecified atom stereocenters. The van der Waals surface area contributed by atoms with Gasteiger partial charge < -0.3 is 10.2 Å². The van der Waals surface area contributed by atoms with Crippen molar-refractivity contribution < 1.29 is 31.2 Å². The minimum Gasteiger partial charge on any atom is -0.354 e. The lowest BCUT2D eigenvalue weighted by molar-refractivity contribution is -0.141. The second-order valence-corrected chi connectivity index (χ2v) is 12.5. The number of nitrogens with one attached hydrogen (secondary N) is 1. The molecule has 0 saturated heterocycles. The number of benzene rings is 3. The third kappa shape index (κ3) is 10.3. The predicted molar refractivity (Wildman–Crippen MR) is 162 cm³/mol. The van der Waals surface area contributed by atoms with E-state index in [9.17, 15) is 31.2 Å². The molecule has 12 heteroatoms. The highest BCUT2D eigenvalue weighted by molar-refractivity contribution is 7.92. The van der Waals surface area contributed by atoms with E-state index < -0.39 is 33.7 Å². The summed E-state index contributed by atoms with van der Waals surface area (Å²) in [5, 5.41) is 3.34.